The standard InChI is InChI=1S/C18H25NS2/c1-2-6-15(7-3-1)10-11-19-17(18-9-5-13-21-18)14-16-8-4-12-20-16/h4-5,8-9,12-13,15,17,19H,1-3,6-7,10-11,14H2. The third-order valence-corrected chi connectivity index (χ3v) is 6.42. The molecule has 1 unspecified atom stereocenters. The molecule has 1 N–H and O–H groups in total. The minimum atomic E-state index is 0.493. The van der Waals surface area contributed by atoms with Gasteiger partial charge in [0.2, 0.25) is 0 Å². The van der Waals surface area contributed by atoms with E-state index in [1.165, 1.54) is 54.8 Å². The lowest BCUT2D eigenvalue weighted by atomic mass is 9.87. The zero-order valence-electron chi connectivity index (χ0n) is 12.6. The van der Waals surface area contributed by atoms with E-state index in [1.807, 2.05) is 22.7 Å². The molecule has 0 spiro atoms. The van der Waals surface area contributed by atoms with Crippen molar-refractivity contribution in [1.82, 2.24) is 5.32 Å². The maximum absolute atomic E-state index is 3.82. The van der Waals surface area contributed by atoms with Crippen LogP contribution in [-0.4, -0.2) is 6.54 Å². The summed E-state index contributed by atoms with van der Waals surface area (Å²) in [4.78, 5) is 2.96. The van der Waals surface area contributed by atoms with Crippen LogP contribution in [0, 0.1) is 5.92 Å². The lowest BCUT2D eigenvalue weighted by Gasteiger charge is -2.23. The van der Waals surface area contributed by atoms with Crippen molar-refractivity contribution in [2.75, 3.05) is 6.54 Å². The van der Waals surface area contributed by atoms with Crippen LogP contribution in [0.25, 0.3) is 0 Å². The minimum Gasteiger partial charge on any atom is -0.309 e. The van der Waals surface area contributed by atoms with Crippen LogP contribution in [0.15, 0.2) is 35.0 Å². The fourth-order valence-corrected chi connectivity index (χ4v) is 4.88. The van der Waals surface area contributed by atoms with Crippen LogP contribution in [0.5, 0.6) is 0 Å². The average molecular weight is 320 g/mol. The summed E-state index contributed by atoms with van der Waals surface area (Å²) in [6.07, 6.45) is 9.75. The molecule has 0 amide bonds. The highest BCUT2D eigenvalue weighted by molar-refractivity contribution is 7.10. The molecule has 3 rings (SSSR count). The molecule has 1 aliphatic rings. The third kappa shape index (κ3) is 4.67. The van der Waals surface area contributed by atoms with Crippen molar-refractivity contribution in [1.29, 1.82) is 0 Å². The number of nitrogens with one attached hydrogen (secondary N) is 1. The maximum Gasteiger partial charge on any atom is 0.0463 e. The van der Waals surface area contributed by atoms with Gasteiger partial charge in [0.25, 0.3) is 0 Å². The zero-order valence-corrected chi connectivity index (χ0v) is 14.2. The Labute approximate surface area is 136 Å². The van der Waals surface area contributed by atoms with Gasteiger partial charge in [-0.15, -0.1) is 22.7 Å². The molecule has 0 aromatic carbocycles. The number of hydrogen-bond donors (Lipinski definition) is 1. The first kappa shape index (κ1) is 15.3. The number of thiophene rings is 2. The Morgan fingerprint density at radius 3 is 2.57 bits per heavy atom. The van der Waals surface area contributed by atoms with Crippen LogP contribution >= 0.6 is 22.7 Å². The van der Waals surface area contributed by atoms with Crippen molar-refractivity contribution in [2.24, 2.45) is 5.92 Å². The summed E-state index contributed by atoms with van der Waals surface area (Å²) < 4.78 is 0. The number of rotatable bonds is 7. The molecular formula is C18H25NS2. The van der Waals surface area contributed by atoms with Crippen molar-refractivity contribution in [3.8, 4) is 0 Å². The van der Waals surface area contributed by atoms with Crippen LogP contribution in [0.4, 0.5) is 0 Å². The van der Waals surface area contributed by atoms with Gasteiger partial charge in [-0.25, -0.2) is 0 Å². The Morgan fingerprint density at radius 2 is 1.86 bits per heavy atom. The van der Waals surface area contributed by atoms with Gasteiger partial charge in [-0.3, -0.25) is 0 Å². The Bertz CT molecular complexity index is 483. The van der Waals surface area contributed by atoms with Crippen LogP contribution in [-0.2, 0) is 6.42 Å². The van der Waals surface area contributed by atoms with E-state index in [9.17, 15) is 0 Å². The van der Waals surface area contributed by atoms with Gasteiger partial charge in [-0.05, 0) is 41.8 Å². The molecular weight excluding hydrogens is 294 g/mol. The predicted molar refractivity (Wildman–Crippen MR) is 94.3 cm³/mol. The van der Waals surface area contributed by atoms with Gasteiger partial charge in [-0.1, -0.05) is 44.2 Å². The lowest BCUT2D eigenvalue weighted by molar-refractivity contribution is 0.328. The first-order valence-electron chi connectivity index (χ1n) is 8.21. The quantitative estimate of drug-likeness (QED) is 0.695. The van der Waals surface area contributed by atoms with Gasteiger partial charge in [0.05, 0.1) is 0 Å². The third-order valence-electron chi connectivity index (χ3n) is 4.54. The minimum absolute atomic E-state index is 0.493. The molecule has 1 aliphatic carbocycles. The molecule has 0 bridgehead atoms. The Hall–Kier alpha value is -0.640. The Morgan fingerprint density at radius 1 is 1.05 bits per heavy atom. The van der Waals surface area contributed by atoms with E-state index in [4.69, 9.17) is 0 Å². The van der Waals surface area contributed by atoms with Crippen molar-refractivity contribution in [2.45, 2.75) is 51.0 Å². The molecule has 1 atom stereocenters. The fraction of sp³-hybridized carbons (Fsp3) is 0.556. The summed E-state index contributed by atoms with van der Waals surface area (Å²) in [5.41, 5.74) is 0. The van der Waals surface area contributed by atoms with Crippen LogP contribution in [0.1, 0.15) is 54.3 Å². The first-order valence-corrected chi connectivity index (χ1v) is 9.97. The molecule has 0 saturated heterocycles. The highest BCUT2D eigenvalue weighted by Crippen LogP contribution is 2.28. The van der Waals surface area contributed by atoms with E-state index >= 15 is 0 Å². The maximum atomic E-state index is 3.82. The van der Waals surface area contributed by atoms with Crippen molar-refractivity contribution < 1.29 is 0 Å². The molecule has 21 heavy (non-hydrogen) atoms. The summed E-state index contributed by atoms with van der Waals surface area (Å²) in [7, 11) is 0. The van der Waals surface area contributed by atoms with E-state index in [0.29, 0.717) is 6.04 Å². The molecule has 2 aromatic rings. The summed E-state index contributed by atoms with van der Waals surface area (Å²) in [6, 6.07) is 9.36. The first-order chi connectivity index (χ1) is 10.4. The monoisotopic (exact) mass is 319 g/mol. The van der Waals surface area contributed by atoms with E-state index < -0.39 is 0 Å². The molecule has 114 valence electrons. The molecule has 0 aliphatic heterocycles. The molecule has 3 heteroatoms. The fourth-order valence-electron chi connectivity index (χ4n) is 3.33. The van der Waals surface area contributed by atoms with Crippen LogP contribution in [0.3, 0.4) is 0 Å². The van der Waals surface area contributed by atoms with E-state index in [1.54, 1.807) is 0 Å². The van der Waals surface area contributed by atoms with Gasteiger partial charge in [0, 0.05) is 22.2 Å². The highest BCUT2D eigenvalue weighted by Gasteiger charge is 2.16. The van der Waals surface area contributed by atoms with Crippen LogP contribution < -0.4 is 5.32 Å². The summed E-state index contributed by atoms with van der Waals surface area (Å²) in [5, 5.41) is 8.20. The summed E-state index contributed by atoms with van der Waals surface area (Å²) >= 11 is 3.76. The van der Waals surface area contributed by atoms with E-state index in [0.717, 1.165) is 12.3 Å². The Balaban J connectivity index is 1.52. The van der Waals surface area contributed by atoms with Gasteiger partial charge in [-0.2, -0.15) is 0 Å². The molecule has 1 fully saturated rings. The molecule has 0 radical (unpaired) electrons. The SMILES string of the molecule is c1csc(CC(NCCC2CCCCC2)c2cccs2)c1. The summed E-state index contributed by atoms with van der Waals surface area (Å²) in [5.74, 6) is 0.969. The summed E-state index contributed by atoms with van der Waals surface area (Å²) in [6.45, 7) is 1.17. The second kappa shape index (κ2) is 8.11. The number of hydrogen-bond acceptors (Lipinski definition) is 3. The second-order valence-corrected chi connectivity index (χ2v) is 8.11. The van der Waals surface area contributed by atoms with Crippen molar-refractivity contribution >= 4 is 22.7 Å². The predicted octanol–water partition coefficient (Wildman–Crippen LogP) is 5.65. The van der Waals surface area contributed by atoms with Crippen molar-refractivity contribution in [3.63, 3.8) is 0 Å². The molecule has 1 nitrogen and oxygen atoms in total. The second-order valence-electron chi connectivity index (χ2n) is 6.10. The Kier molecular flexibility index (Phi) is 5.90. The highest BCUT2D eigenvalue weighted by atomic mass is 32.1. The normalized spacial score (nSPS) is 17.9. The average Bonchev–Trinajstić information content (AvgIpc) is 3.21. The van der Waals surface area contributed by atoms with E-state index in [2.05, 4.69) is 40.3 Å². The van der Waals surface area contributed by atoms with Gasteiger partial charge in [0.1, 0.15) is 0 Å². The zero-order chi connectivity index (χ0) is 14.3. The van der Waals surface area contributed by atoms with Gasteiger partial charge in [0.15, 0.2) is 0 Å². The molecule has 2 aromatic heterocycles. The molecule has 1 saturated carbocycles. The molecule has 2 heterocycles. The van der Waals surface area contributed by atoms with Crippen LogP contribution in [0.2, 0.25) is 0 Å². The lowest BCUT2D eigenvalue weighted by Crippen LogP contribution is -2.25. The van der Waals surface area contributed by atoms with Gasteiger partial charge >= 0.3 is 0 Å². The van der Waals surface area contributed by atoms with Crippen molar-refractivity contribution in [3.05, 3.63) is 44.8 Å². The topological polar surface area (TPSA) is 12.0 Å². The smallest absolute Gasteiger partial charge is 0.0463 e. The van der Waals surface area contributed by atoms with E-state index in [-0.39, 0.29) is 0 Å². The van der Waals surface area contributed by atoms with Gasteiger partial charge < -0.3 is 5.32 Å². The largest absolute Gasteiger partial charge is 0.309 e.